The van der Waals surface area contributed by atoms with E-state index in [0.717, 1.165) is 5.69 Å². The zero-order valence-corrected chi connectivity index (χ0v) is 13.7. The molecule has 0 spiro atoms. The van der Waals surface area contributed by atoms with Gasteiger partial charge in [-0.3, -0.25) is 4.31 Å². The Labute approximate surface area is 135 Å². The van der Waals surface area contributed by atoms with Crippen LogP contribution < -0.4 is 13.9 Å². The molecule has 2 aromatic carbocycles. The fraction of sp³-hybridized carbons (Fsp3) is 0.250. The van der Waals surface area contributed by atoms with E-state index < -0.39 is 10.0 Å². The first-order chi connectivity index (χ1) is 10.9. The summed E-state index contributed by atoms with van der Waals surface area (Å²) in [6.07, 6.45) is 0. The molecule has 7 heteroatoms. The van der Waals surface area contributed by atoms with Crippen LogP contribution in [0.1, 0.15) is 0 Å². The molecule has 1 aliphatic rings. The highest BCUT2D eigenvalue weighted by molar-refractivity contribution is 7.92. The number of phenols is 1. The second-order valence-electron chi connectivity index (χ2n) is 5.39. The minimum Gasteiger partial charge on any atom is -0.508 e. The van der Waals surface area contributed by atoms with E-state index in [1.54, 1.807) is 30.3 Å². The Balaban J connectivity index is 1.99. The van der Waals surface area contributed by atoms with Gasteiger partial charge in [-0.25, -0.2) is 8.42 Å². The van der Waals surface area contributed by atoms with Gasteiger partial charge in [-0.05, 0) is 42.5 Å². The smallest absolute Gasteiger partial charge is 0.264 e. The van der Waals surface area contributed by atoms with Crippen LogP contribution in [0.25, 0.3) is 0 Å². The van der Waals surface area contributed by atoms with Crippen LogP contribution in [0.15, 0.2) is 47.4 Å². The van der Waals surface area contributed by atoms with E-state index in [2.05, 4.69) is 0 Å². The van der Waals surface area contributed by atoms with Gasteiger partial charge in [0.05, 0.1) is 22.8 Å². The monoisotopic (exact) mass is 334 g/mol. The van der Waals surface area contributed by atoms with Gasteiger partial charge in [0, 0.05) is 14.1 Å². The summed E-state index contributed by atoms with van der Waals surface area (Å²) in [6, 6.07) is 10.9. The predicted molar refractivity (Wildman–Crippen MR) is 88.9 cm³/mol. The number of sulfonamides is 1. The quantitative estimate of drug-likeness (QED) is 0.930. The van der Waals surface area contributed by atoms with Gasteiger partial charge in [0.1, 0.15) is 18.1 Å². The summed E-state index contributed by atoms with van der Waals surface area (Å²) in [5.74, 6) is 0.775. The number of ether oxygens (including phenoxy) is 1. The number of rotatable bonds is 3. The molecule has 0 aromatic heterocycles. The number of hydrogen-bond acceptors (Lipinski definition) is 5. The van der Waals surface area contributed by atoms with Crippen LogP contribution in [0.5, 0.6) is 11.5 Å². The van der Waals surface area contributed by atoms with Crippen molar-refractivity contribution in [2.24, 2.45) is 0 Å². The zero-order chi connectivity index (χ0) is 16.6. The van der Waals surface area contributed by atoms with Gasteiger partial charge >= 0.3 is 0 Å². The molecular weight excluding hydrogens is 316 g/mol. The minimum absolute atomic E-state index is 0.0899. The molecular formula is C16H18N2O4S. The first kappa shape index (κ1) is 15.5. The first-order valence-corrected chi connectivity index (χ1v) is 8.59. The van der Waals surface area contributed by atoms with Crippen molar-refractivity contribution in [3.8, 4) is 11.5 Å². The number of hydrogen-bond donors (Lipinski definition) is 1. The van der Waals surface area contributed by atoms with Crippen molar-refractivity contribution in [1.82, 2.24) is 0 Å². The van der Waals surface area contributed by atoms with Crippen LogP contribution >= 0.6 is 0 Å². The highest BCUT2D eigenvalue weighted by atomic mass is 32.2. The fourth-order valence-corrected chi connectivity index (χ4v) is 3.67. The highest BCUT2D eigenvalue weighted by Crippen LogP contribution is 2.34. The molecule has 6 nitrogen and oxygen atoms in total. The molecule has 0 amide bonds. The van der Waals surface area contributed by atoms with Gasteiger partial charge in [-0.1, -0.05) is 0 Å². The number of anilines is 2. The number of aromatic hydroxyl groups is 1. The SMILES string of the molecule is CN1CCOc2ccc(S(=O)(=O)N(C)c3ccc(O)cc3)cc21. The van der Waals surface area contributed by atoms with Crippen molar-refractivity contribution in [2.45, 2.75) is 4.90 Å². The van der Waals surface area contributed by atoms with Crippen molar-refractivity contribution in [3.05, 3.63) is 42.5 Å². The zero-order valence-electron chi connectivity index (χ0n) is 12.9. The Morgan fingerprint density at radius 3 is 2.57 bits per heavy atom. The average Bonchev–Trinajstić information content (AvgIpc) is 2.55. The van der Waals surface area contributed by atoms with Crippen LogP contribution in [0, 0.1) is 0 Å². The fourth-order valence-electron chi connectivity index (χ4n) is 2.45. The van der Waals surface area contributed by atoms with Crippen molar-refractivity contribution >= 4 is 21.4 Å². The van der Waals surface area contributed by atoms with Crippen LogP contribution in [-0.2, 0) is 10.0 Å². The van der Waals surface area contributed by atoms with Gasteiger partial charge in [0.25, 0.3) is 10.0 Å². The van der Waals surface area contributed by atoms with Crippen LogP contribution in [-0.4, -0.2) is 40.8 Å². The summed E-state index contributed by atoms with van der Waals surface area (Å²) in [7, 11) is -0.301. The van der Waals surface area contributed by atoms with E-state index in [-0.39, 0.29) is 10.6 Å². The molecule has 0 fully saturated rings. The third-order valence-electron chi connectivity index (χ3n) is 3.90. The molecule has 3 rings (SSSR count). The summed E-state index contributed by atoms with van der Waals surface area (Å²) in [5, 5.41) is 9.33. The van der Waals surface area contributed by atoms with Crippen molar-refractivity contribution < 1.29 is 18.3 Å². The number of fused-ring (bicyclic) bond motifs is 1. The van der Waals surface area contributed by atoms with Crippen LogP contribution in [0.4, 0.5) is 11.4 Å². The molecule has 2 aromatic rings. The largest absolute Gasteiger partial charge is 0.508 e. The topological polar surface area (TPSA) is 70.1 Å². The molecule has 0 unspecified atom stereocenters. The van der Waals surface area contributed by atoms with Gasteiger partial charge in [0.15, 0.2) is 0 Å². The number of phenolic OH excluding ortho intramolecular Hbond substituents is 1. The molecule has 0 saturated heterocycles. The maximum absolute atomic E-state index is 12.8. The third kappa shape index (κ3) is 2.79. The van der Waals surface area contributed by atoms with Crippen molar-refractivity contribution in [2.75, 3.05) is 36.5 Å². The molecule has 0 saturated carbocycles. The maximum Gasteiger partial charge on any atom is 0.264 e. The lowest BCUT2D eigenvalue weighted by atomic mass is 10.2. The lowest BCUT2D eigenvalue weighted by molar-refractivity contribution is 0.311. The molecule has 1 heterocycles. The minimum atomic E-state index is -3.69. The highest BCUT2D eigenvalue weighted by Gasteiger charge is 2.24. The van der Waals surface area contributed by atoms with Gasteiger partial charge in [-0.15, -0.1) is 0 Å². The van der Waals surface area contributed by atoms with E-state index in [9.17, 15) is 13.5 Å². The molecule has 1 N–H and O–H groups in total. The Bertz CT molecular complexity index is 818. The number of likely N-dealkylation sites (N-methyl/N-ethyl adjacent to an activating group) is 1. The van der Waals surface area contributed by atoms with Crippen LogP contribution in [0.2, 0.25) is 0 Å². The lowest BCUT2D eigenvalue weighted by Crippen LogP contribution is -2.30. The number of benzene rings is 2. The van der Waals surface area contributed by atoms with Crippen LogP contribution in [0.3, 0.4) is 0 Å². The predicted octanol–water partition coefficient (Wildman–Crippen LogP) is 2.05. The van der Waals surface area contributed by atoms with Crippen molar-refractivity contribution in [1.29, 1.82) is 0 Å². The number of nitrogens with zero attached hydrogens (tertiary/aromatic N) is 2. The first-order valence-electron chi connectivity index (χ1n) is 7.15. The lowest BCUT2D eigenvalue weighted by Gasteiger charge is -2.28. The van der Waals surface area contributed by atoms with Crippen molar-refractivity contribution in [3.63, 3.8) is 0 Å². The summed E-state index contributed by atoms with van der Waals surface area (Å²) < 4.78 is 32.4. The summed E-state index contributed by atoms with van der Waals surface area (Å²) in [6.45, 7) is 1.30. The second-order valence-corrected chi connectivity index (χ2v) is 7.36. The Morgan fingerprint density at radius 1 is 1.17 bits per heavy atom. The van der Waals surface area contributed by atoms with E-state index in [1.807, 2.05) is 11.9 Å². The van der Waals surface area contributed by atoms with Gasteiger partial charge < -0.3 is 14.7 Å². The standard InChI is InChI=1S/C16H18N2O4S/c1-17-9-10-22-16-8-7-14(11-15(16)17)23(20,21)18(2)12-3-5-13(19)6-4-12/h3-8,11,19H,9-10H2,1-2H3. The maximum atomic E-state index is 12.8. The molecule has 122 valence electrons. The molecule has 0 atom stereocenters. The normalized spacial score (nSPS) is 14.1. The molecule has 1 aliphatic heterocycles. The Hall–Kier alpha value is -2.41. The molecule has 0 aliphatic carbocycles. The summed E-state index contributed by atoms with van der Waals surface area (Å²) >= 11 is 0. The van der Waals surface area contributed by atoms with Gasteiger partial charge in [0.2, 0.25) is 0 Å². The van der Waals surface area contributed by atoms with Gasteiger partial charge in [-0.2, -0.15) is 0 Å². The molecule has 0 radical (unpaired) electrons. The summed E-state index contributed by atoms with van der Waals surface area (Å²) in [5.41, 5.74) is 1.24. The van der Waals surface area contributed by atoms with E-state index in [0.29, 0.717) is 24.6 Å². The van der Waals surface area contributed by atoms with E-state index >= 15 is 0 Å². The second kappa shape index (κ2) is 5.66. The van der Waals surface area contributed by atoms with E-state index in [1.165, 1.54) is 23.5 Å². The molecule has 23 heavy (non-hydrogen) atoms. The Morgan fingerprint density at radius 2 is 1.87 bits per heavy atom. The summed E-state index contributed by atoms with van der Waals surface area (Å²) in [4.78, 5) is 2.17. The Kier molecular flexibility index (Phi) is 3.81. The average molecular weight is 334 g/mol. The third-order valence-corrected chi connectivity index (χ3v) is 5.68. The van der Waals surface area contributed by atoms with E-state index in [4.69, 9.17) is 4.74 Å². The molecule has 0 bridgehead atoms.